The maximum absolute atomic E-state index is 12.8. The summed E-state index contributed by atoms with van der Waals surface area (Å²) >= 11 is 0. The van der Waals surface area contributed by atoms with Gasteiger partial charge in [0.15, 0.2) is 0 Å². The van der Waals surface area contributed by atoms with Crippen LogP contribution in [-0.4, -0.2) is 178 Å². The van der Waals surface area contributed by atoms with Crippen LogP contribution < -0.4 is 15.8 Å². The Morgan fingerprint density at radius 2 is 1.25 bits per heavy atom. The van der Waals surface area contributed by atoms with Crippen LogP contribution in [0, 0.1) is 64.1 Å². The number of ether oxygens (including phenoxy) is 3. The first-order chi connectivity index (χ1) is 39.3. The van der Waals surface area contributed by atoms with Gasteiger partial charge in [0.05, 0.1) is 31.2 Å². The first-order valence-corrected chi connectivity index (χ1v) is 27.7. The van der Waals surface area contributed by atoms with Gasteiger partial charge >= 0.3 is 0 Å². The molecule has 1 saturated carbocycles. The van der Waals surface area contributed by atoms with Crippen LogP contribution in [0.4, 0.5) is 16.3 Å². The monoisotopic (exact) mass is 1150 g/mol. The number of likely N-dealkylation sites (tertiary alicyclic amines) is 1. The Kier molecular flexibility index (Phi) is 38.0. The minimum Gasteiger partial charge on any atom is -0.383 e. The summed E-state index contributed by atoms with van der Waals surface area (Å²) in [6.45, 7) is 21.3. The molecular weight excluding hydrogens is 1050 g/mol. The van der Waals surface area contributed by atoms with Gasteiger partial charge in [0.2, 0.25) is 24.3 Å². The van der Waals surface area contributed by atoms with Gasteiger partial charge in [0.25, 0.3) is 0 Å². The second-order valence-electron chi connectivity index (χ2n) is 20.8. The van der Waals surface area contributed by atoms with E-state index in [1.807, 2.05) is 133 Å². The highest BCUT2D eigenvalue weighted by Crippen LogP contribution is 2.28. The molecule has 1 aliphatic carbocycles. The molecule has 0 radical (unpaired) electrons. The maximum Gasteiger partial charge on any atom is 0.227 e. The Bertz CT molecular complexity index is 2620. The largest absolute Gasteiger partial charge is 0.383 e. The van der Waals surface area contributed by atoms with Gasteiger partial charge in [0.1, 0.15) is 18.0 Å². The third-order valence-electron chi connectivity index (χ3n) is 12.4. The van der Waals surface area contributed by atoms with Gasteiger partial charge in [-0.3, -0.25) is 10.6 Å². The van der Waals surface area contributed by atoms with E-state index in [1.165, 1.54) is 18.0 Å². The van der Waals surface area contributed by atoms with Crippen LogP contribution in [0.15, 0.2) is 92.0 Å². The molecule has 2 atom stereocenters. The van der Waals surface area contributed by atoms with E-state index in [0.29, 0.717) is 42.5 Å². The van der Waals surface area contributed by atoms with E-state index in [-0.39, 0.29) is 5.82 Å². The van der Waals surface area contributed by atoms with Crippen LogP contribution >= 0.6 is 0 Å². The lowest BCUT2D eigenvalue weighted by molar-refractivity contribution is -0.905. The fraction of sp³-hybridized carbons (Fsp3) is 0.525. The number of methoxy groups -OCH3 is 3. The molecule has 8 rings (SSSR count). The summed E-state index contributed by atoms with van der Waals surface area (Å²) < 4.78 is 29.2. The number of nitrogens with one attached hydrogen (secondary N) is 3. The minimum atomic E-state index is -0.155. The lowest BCUT2D eigenvalue weighted by Gasteiger charge is -2.31. The number of pyridine rings is 1. The standard InChI is InChI=1S/C10H14FN.C9H15N2O.C8H13N3O.C8H13N3.C8H16N2O.C8H15NO.C5H7N3.C5H6N2/c1-8-4-5-10(11)6-9(8)7-12(2)3;1-8-4-5-11(12)7-9(8)6-10(2)3;1-7-3-4-9-8(11-7)10-5-6-12-2;1-7-4-5-9-8(10-7)6-11(2)3;1-7(9)10-5-3-8(11-2)4-6-10;1-6(9)7-3-4-8(5-7)10-2;1-4-2-3-7-5(6)8-4;1-5-2-3-6-4-7-5/h4-6H,7H2,1-3H3;4-5,7,12H,6H2,1-3H3;3-4H,5-6H2,1-2H3,(H,9,10,11);4-5H,6H2,1-3H3;8-9H,3-6H2,1-2H3;7-9H,3-5H2,1-2H3;2-3H,1H3,(H2,6,7,8);2-4H,1H3/q;+1;;;;;;. The van der Waals surface area contributed by atoms with Crippen molar-refractivity contribution < 1.29 is 28.5 Å². The van der Waals surface area contributed by atoms with Crippen molar-refractivity contribution in [3.05, 3.63) is 149 Å². The summed E-state index contributed by atoms with van der Waals surface area (Å²) in [6.07, 6.45) is 18.1. The molecule has 6 aromatic rings. The summed E-state index contributed by atoms with van der Waals surface area (Å²) in [5.74, 6) is 2.91. The smallest absolute Gasteiger partial charge is 0.227 e. The van der Waals surface area contributed by atoms with Crippen LogP contribution in [0.25, 0.3) is 0 Å². The molecule has 2 aliphatic rings. The number of piperidine rings is 1. The average Bonchev–Trinajstić information content (AvgIpc) is 3.93. The molecule has 2 unspecified atom stereocenters. The highest BCUT2D eigenvalue weighted by Gasteiger charge is 2.25. The third kappa shape index (κ3) is 36.2. The van der Waals surface area contributed by atoms with E-state index >= 15 is 0 Å². The topological polar surface area (TPSA) is 254 Å². The number of rotatable bonds is 13. The second kappa shape index (κ2) is 42.7. The van der Waals surface area contributed by atoms with Gasteiger partial charge in [-0.1, -0.05) is 6.07 Å². The quantitative estimate of drug-likeness (QED) is 0.0239. The zero-order valence-corrected chi connectivity index (χ0v) is 52.8. The number of aromatic nitrogens is 9. The molecule has 6 N–H and O–H groups in total. The Balaban J connectivity index is 0.000000477. The van der Waals surface area contributed by atoms with E-state index in [0.717, 1.165) is 127 Å². The van der Waals surface area contributed by atoms with E-state index < -0.39 is 0 Å². The number of nitrogens with two attached hydrogens (primary N) is 1. The fourth-order valence-corrected chi connectivity index (χ4v) is 7.72. The van der Waals surface area contributed by atoms with Gasteiger partial charge in [-0.25, -0.2) is 44.3 Å². The molecular formula is C61H99FN17O4+. The molecule has 1 saturated heterocycles. The van der Waals surface area contributed by atoms with Crippen molar-refractivity contribution in [1.82, 2.24) is 59.5 Å². The van der Waals surface area contributed by atoms with Crippen molar-refractivity contribution in [2.24, 2.45) is 5.92 Å². The number of amidine groups is 1. The number of aryl methyl sites for hydroxylation is 6. The molecule has 2 fully saturated rings. The number of nitrogens with zero attached hydrogens (tertiary/aromatic N) is 13. The lowest BCUT2D eigenvalue weighted by Crippen LogP contribution is -2.39. The van der Waals surface area contributed by atoms with Gasteiger partial charge in [-0.2, -0.15) is 0 Å². The molecule has 83 heavy (non-hydrogen) atoms. The molecule has 5 aromatic heterocycles. The van der Waals surface area contributed by atoms with Crippen molar-refractivity contribution in [2.45, 2.75) is 119 Å². The SMILES string of the molecule is COC1CCC(C(C)=N)C1.COC1CCN(C(C)=N)CC1.COCCNc1nccc(C)n1.Cc1cc[n+](O)cc1CN(C)C.Cc1ccc(F)cc1CN(C)C.Cc1ccnc(CN(C)C)n1.Cc1ccnc(N)n1.Cc1ccncn1. The van der Waals surface area contributed by atoms with Gasteiger partial charge in [-0.15, -0.1) is 0 Å². The van der Waals surface area contributed by atoms with Crippen LogP contribution in [0.3, 0.4) is 0 Å². The molecule has 0 amide bonds. The summed E-state index contributed by atoms with van der Waals surface area (Å²) in [5.41, 5.74) is 14.5. The molecule has 1 aliphatic heterocycles. The number of halogens is 1. The van der Waals surface area contributed by atoms with Crippen molar-refractivity contribution in [2.75, 3.05) is 101 Å². The van der Waals surface area contributed by atoms with Crippen molar-refractivity contribution in [1.29, 1.82) is 10.8 Å². The van der Waals surface area contributed by atoms with E-state index in [4.69, 9.17) is 36.0 Å². The fourth-order valence-electron chi connectivity index (χ4n) is 7.72. The summed E-state index contributed by atoms with van der Waals surface area (Å²) in [6, 6.07) is 14.2. The highest BCUT2D eigenvalue weighted by molar-refractivity contribution is 5.81. The zero-order valence-electron chi connectivity index (χ0n) is 52.8. The number of hydrogen-bond donors (Lipinski definition) is 5. The normalized spacial score (nSPS) is 14.2. The van der Waals surface area contributed by atoms with E-state index in [2.05, 4.69) is 59.9 Å². The Morgan fingerprint density at radius 3 is 1.71 bits per heavy atom. The molecule has 6 heterocycles. The summed E-state index contributed by atoms with van der Waals surface area (Å²) in [4.78, 5) is 40.0. The predicted molar refractivity (Wildman–Crippen MR) is 330 cm³/mol. The number of benzene rings is 1. The molecule has 1 aromatic carbocycles. The van der Waals surface area contributed by atoms with Crippen LogP contribution in [0.1, 0.15) is 96.8 Å². The minimum absolute atomic E-state index is 0.155. The maximum atomic E-state index is 12.8. The predicted octanol–water partition coefficient (Wildman–Crippen LogP) is 8.55. The average molecular weight is 1150 g/mol. The summed E-state index contributed by atoms with van der Waals surface area (Å²) in [5, 5.41) is 27.0. The van der Waals surface area contributed by atoms with Gasteiger partial charge in [-0.05, 0) is 189 Å². The number of nitrogen functional groups attached to an aromatic ring is 1. The second-order valence-corrected chi connectivity index (χ2v) is 20.8. The van der Waals surface area contributed by atoms with Crippen LogP contribution in [0.2, 0.25) is 0 Å². The van der Waals surface area contributed by atoms with E-state index in [9.17, 15) is 4.39 Å². The third-order valence-corrected chi connectivity index (χ3v) is 12.4. The van der Waals surface area contributed by atoms with Crippen molar-refractivity contribution >= 4 is 23.4 Å². The first kappa shape index (κ1) is 73.9. The molecule has 458 valence electrons. The number of hydrogen-bond acceptors (Lipinski definition) is 19. The van der Waals surface area contributed by atoms with Crippen LogP contribution in [0.5, 0.6) is 0 Å². The summed E-state index contributed by atoms with van der Waals surface area (Å²) in [7, 11) is 17.2. The Labute approximate surface area is 495 Å². The van der Waals surface area contributed by atoms with Crippen molar-refractivity contribution in [3.63, 3.8) is 0 Å². The molecule has 0 spiro atoms. The highest BCUT2D eigenvalue weighted by atomic mass is 19.1. The number of anilines is 2. The van der Waals surface area contributed by atoms with E-state index in [1.54, 1.807) is 70.6 Å². The molecule has 21 nitrogen and oxygen atoms in total. The van der Waals surface area contributed by atoms with Crippen molar-refractivity contribution in [3.8, 4) is 0 Å². The zero-order chi connectivity index (χ0) is 62.3. The lowest BCUT2D eigenvalue weighted by atomic mass is 10.0. The first-order valence-electron chi connectivity index (χ1n) is 27.7. The van der Waals surface area contributed by atoms with Gasteiger partial charge < -0.3 is 50.3 Å². The molecule has 22 heteroatoms. The van der Waals surface area contributed by atoms with Crippen LogP contribution in [-0.2, 0) is 33.8 Å². The molecule has 0 bridgehead atoms. The Hall–Kier alpha value is -7.08. The Morgan fingerprint density at radius 1 is 0.687 bits per heavy atom. The van der Waals surface area contributed by atoms with Gasteiger partial charge in [0, 0.05) is 124 Å².